The summed E-state index contributed by atoms with van der Waals surface area (Å²) < 4.78 is 5.00. The second kappa shape index (κ2) is 7.17. The molecular weight excluding hydrogens is 294 g/mol. The number of ether oxygens (including phenoxy) is 1. The zero-order valence-corrected chi connectivity index (χ0v) is 12.4. The van der Waals surface area contributed by atoms with E-state index in [0.29, 0.717) is 23.8 Å². The van der Waals surface area contributed by atoms with E-state index in [-0.39, 0.29) is 24.6 Å². The van der Waals surface area contributed by atoms with E-state index in [2.05, 4.69) is 16.9 Å². The normalized spacial score (nSPS) is 18.1. The molecule has 1 unspecified atom stereocenters. The van der Waals surface area contributed by atoms with Crippen molar-refractivity contribution in [2.24, 2.45) is 0 Å². The topological polar surface area (TPSA) is 74.4 Å². The number of carbonyl (C=O) groups is 2. The van der Waals surface area contributed by atoms with Gasteiger partial charge in [-0.05, 0) is 18.9 Å². The van der Waals surface area contributed by atoms with Gasteiger partial charge in [0.2, 0.25) is 0 Å². The molecule has 1 aromatic heterocycles. The molecule has 1 atom stereocenters. The van der Waals surface area contributed by atoms with Gasteiger partial charge in [-0.25, -0.2) is 4.79 Å². The fraction of sp³-hybridized carbons (Fsp3) is 0.429. The number of hydrogen-bond acceptors (Lipinski definition) is 3. The summed E-state index contributed by atoms with van der Waals surface area (Å²) in [5.41, 5.74) is 0.409. The highest BCUT2D eigenvalue weighted by atomic mass is 35.5. The molecule has 0 saturated carbocycles. The quantitative estimate of drug-likeness (QED) is 0.837. The minimum absolute atomic E-state index is 0.0930. The van der Waals surface area contributed by atoms with E-state index in [4.69, 9.17) is 16.3 Å². The summed E-state index contributed by atoms with van der Waals surface area (Å²) in [6.45, 7) is 4.76. The van der Waals surface area contributed by atoms with Gasteiger partial charge >= 0.3 is 6.09 Å². The van der Waals surface area contributed by atoms with Crippen molar-refractivity contribution in [2.45, 2.75) is 18.9 Å². The summed E-state index contributed by atoms with van der Waals surface area (Å²) >= 11 is 5.77. The Morgan fingerprint density at radius 1 is 1.62 bits per heavy atom. The van der Waals surface area contributed by atoms with Gasteiger partial charge in [0.05, 0.1) is 5.02 Å². The molecule has 21 heavy (non-hydrogen) atoms. The first-order valence-electron chi connectivity index (χ1n) is 6.77. The number of nitrogens with one attached hydrogen (secondary N) is 2. The highest BCUT2D eigenvalue weighted by Gasteiger charge is 2.26. The van der Waals surface area contributed by atoms with E-state index < -0.39 is 0 Å². The predicted molar refractivity (Wildman–Crippen MR) is 79.4 cm³/mol. The van der Waals surface area contributed by atoms with Gasteiger partial charge in [-0.3, -0.25) is 4.79 Å². The Morgan fingerprint density at radius 3 is 3.10 bits per heavy atom. The van der Waals surface area contributed by atoms with E-state index in [1.54, 1.807) is 17.2 Å². The van der Waals surface area contributed by atoms with E-state index in [0.717, 1.165) is 12.8 Å². The lowest BCUT2D eigenvalue weighted by molar-refractivity contribution is 0.0835. The average molecular weight is 312 g/mol. The first-order valence-corrected chi connectivity index (χ1v) is 7.15. The standard InChI is InChI=1S/C14H18ClN3O3/c1-2-6-21-14(20)18-5-3-4-11(9-18)17-13(19)12-7-10(15)8-16-12/h2,7-8,11,16H,1,3-6,9H2,(H,17,19). The van der Waals surface area contributed by atoms with Crippen molar-refractivity contribution in [2.75, 3.05) is 19.7 Å². The first kappa shape index (κ1) is 15.4. The molecule has 1 aromatic rings. The van der Waals surface area contributed by atoms with Crippen LogP contribution in [0, 0.1) is 0 Å². The maximum Gasteiger partial charge on any atom is 0.410 e. The van der Waals surface area contributed by atoms with Crippen molar-refractivity contribution in [1.29, 1.82) is 0 Å². The Morgan fingerprint density at radius 2 is 2.43 bits per heavy atom. The van der Waals surface area contributed by atoms with E-state index in [9.17, 15) is 9.59 Å². The summed E-state index contributed by atoms with van der Waals surface area (Å²) in [5.74, 6) is -0.229. The van der Waals surface area contributed by atoms with Crippen LogP contribution in [0.1, 0.15) is 23.3 Å². The maximum absolute atomic E-state index is 12.0. The van der Waals surface area contributed by atoms with Gasteiger partial charge in [0.1, 0.15) is 12.3 Å². The highest BCUT2D eigenvalue weighted by Crippen LogP contribution is 2.13. The number of H-pyrrole nitrogens is 1. The van der Waals surface area contributed by atoms with Crippen LogP contribution in [-0.4, -0.2) is 47.6 Å². The van der Waals surface area contributed by atoms with Gasteiger partial charge in [0.25, 0.3) is 5.91 Å². The Labute approximate surface area is 128 Å². The van der Waals surface area contributed by atoms with Gasteiger partial charge in [-0.2, -0.15) is 0 Å². The molecule has 7 heteroatoms. The summed E-state index contributed by atoms with van der Waals surface area (Å²) in [6.07, 6.45) is 4.34. The Kier molecular flexibility index (Phi) is 5.27. The molecule has 0 aromatic carbocycles. The van der Waals surface area contributed by atoms with Crippen molar-refractivity contribution in [3.63, 3.8) is 0 Å². The smallest absolute Gasteiger partial charge is 0.410 e. The van der Waals surface area contributed by atoms with Crippen molar-refractivity contribution in [3.05, 3.63) is 35.6 Å². The van der Waals surface area contributed by atoms with Crippen LogP contribution in [0.5, 0.6) is 0 Å². The second-order valence-electron chi connectivity index (χ2n) is 4.86. The molecular formula is C14H18ClN3O3. The number of likely N-dealkylation sites (tertiary alicyclic amines) is 1. The SMILES string of the molecule is C=CCOC(=O)N1CCCC(NC(=O)c2cc(Cl)c[nH]2)C1. The molecule has 0 aliphatic carbocycles. The molecule has 0 radical (unpaired) electrons. The van der Waals surface area contributed by atoms with Crippen LogP contribution in [-0.2, 0) is 4.74 Å². The fourth-order valence-electron chi connectivity index (χ4n) is 2.24. The molecule has 2 amide bonds. The van der Waals surface area contributed by atoms with Crippen molar-refractivity contribution in [1.82, 2.24) is 15.2 Å². The zero-order valence-electron chi connectivity index (χ0n) is 11.6. The van der Waals surface area contributed by atoms with Crippen molar-refractivity contribution in [3.8, 4) is 0 Å². The van der Waals surface area contributed by atoms with Crippen molar-refractivity contribution >= 4 is 23.6 Å². The number of piperidine rings is 1. The summed E-state index contributed by atoms with van der Waals surface area (Å²) in [5, 5.41) is 3.38. The maximum atomic E-state index is 12.0. The van der Waals surface area contributed by atoms with Crippen LogP contribution in [0.4, 0.5) is 4.79 Å². The van der Waals surface area contributed by atoms with E-state index >= 15 is 0 Å². The first-order chi connectivity index (χ1) is 10.1. The number of nitrogens with zero attached hydrogens (tertiary/aromatic N) is 1. The summed E-state index contributed by atoms with van der Waals surface area (Å²) in [4.78, 5) is 28.2. The predicted octanol–water partition coefficient (Wildman–Crippen LogP) is 2.18. The van der Waals surface area contributed by atoms with Gasteiger partial charge < -0.3 is 19.9 Å². The lowest BCUT2D eigenvalue weighted by Crippen LogP contribution is -2.49. The molecule has 1 fully saturated rings. The van der Waals surface area contributed by atoms with Crippen LogP contribution >= 0.6 is 11.6 Å². The molecule has 2 N–H and O–H groups in total. The molecule has 114 valence electrons. The Bertz CT molecular complexity index is 529. The third-order valence-electron chi connectivity index (χ3n) is 3.23. The van der Waals surface area contributed by atoms with Crippen LogP contribution in [0.2, 0.25) is 5.02 Å². The highest BCUT2D eigenvalue weighted by molar-refractivity contribution is 6.30. The number of carbonyl (C=O) groups excluding carboxylic acids is 2. The second-order valence-corrected chi connectivity index (χ2v) is 5.29. The lowest BCUT2D eigenvalue weighted by Gasteiger charge is -2.32. The molecule has 0 bridgehead atoms. The molecule has 6 nitrogen and oxygen atoms in total. The molecule has 2 rings (SSSR count). The number of rotatable bonds is 4. The van der Waals surface area contributed by atoms with E-state index in [1.807, 2.05) is 0 Å². The minimum atomic E-state index is -0.378. The summed E-state index contributed by atoms with van der Waals surface area (Å²) in [7, 11) is 0. The van der Waals surface area contributed by atoms with Crippen molar-refractivity contribution < 1.29 is 14.3 Å². The number of hydrogen-bond donors (Lipinski definition) is 2. The zero-order chi connectivity index (χ0) is 15.2. The van der Waals surface area contributed by atoms with Gasteiger partial charge in [-0.15, -0.1) is 0 Å². The van der Waals surface area contributed by atoms with Crippen LogP contribution < -0.4 is 5.32 Å². The number of halogens is 1. The number of aromatic nitrogens is 1. The van der Waals surface area contributed by atoms with Crippen LogP contribution in [0.15, 0.2) is 24.9 Å². The molecule has 2 heterocycles. The average Bonchev–Trinajstić information content (AvgIpc) is 2.91. The molecule has 1 saturated heterocycles. The number of amides is 2. The molecule has 1 aliphatic rings. The Balaban J connectivity index is 1.87. The summed E-state index contributed by atoms with van der Waals surface area (Å²) in [6, 6.07) is 1.47. The monoisotopic (exact) mass is 311 g/mol. The molecule has 0 spiro atoms. The third kappa shape index (κ3) is 4.26. The Hall–Kier alpha value is -1.95. The van der Waals surface area contributed by atoms with Gasteiger partial charge in [-0.1, -0.05) is 24.3 Å². The largest absolute Gasteiger partial charge is 0.445 e. The minimum Gasteiger partial charge on any atom is -0.445 e. The fourth-order valence-corrected chi connectivity index (χ4v) is 2.41. The lowest BCUT2D eigenvalue weighted by atomic mass is 10.1. The van der Waals surface area contributed by atoms with Crippen LogP contribution in [0.3, 0.4) is 0 Å². The third-order valence-corrected chi connectivity index (χ3v) is 3.45. The van der Waals surface area contributed by atoms with Crippen LogP contribution in [0.25, 0.3) is 0 Å². The number of aromatic amines is 1. The molecule has 1 aliphatic heterocycles. The van der Waals surface area contributed by atoms with E-state index in [1.165, 1.54) is 6.08 Å². The van der Waals surface area contributed by atoms with Gasteiger partial charge in [0.15, 0.2) is 0 Å². The van der Waals surface area contributed by atoms with Gasteiger partial charge in [0, 0.05) is 25.3 Å².